The van der Waals surface area contributed by atoms with Crippen molar-refractivity contribution in [1.82, 2.24) is 15.1 Å². The van der Waals surface area contributed by atoms with Gasteiger partial charge in [-0.25, -0.2) is 0 Å². The molecule has 0 aromatic rings. The number of carbonyl (C=O) groups excluding carboxylic acids is 3. The molecule has 2 aliphatic carbocycles. The molecular formula is C24H33N3O5. The highest BCUT2D eigenvalue weighted by molar-refractivity contribution is 6.04. The fourth-order valence-electron chi connectivity index (χ4n) is 5.88. The van der Waals surface area contributed by atoms with Crippen LogP contribution in [0.1, 0.15) is 51.4 Å². The number of likely N-dealkylation sites (tertiary alicyclic amines) is 1. The van der Waals surface area contributed by atoms with Crippen LogP contribution in [0.2, 0.25) is 0 Å². The van der Waals surface area contributed by atoms with Gasteiger partial charge in [0.05, 0.1) is 19.0 Å². The number of rotatable bonds is 4. The molecule has 32 heavy (non-hydrogen) atoms. The Bertz CT molecular complexity index is 831. The number of hydrogen-bond acceptors (Lipinski definition) is 6. The summed E-state index contributed by atoms with van der Waals surface area (Å²) in [6, 6.07) is -0.138. The summed E-state index contributed by atoms with van der Waals surface area (Å²) in [6.45, 7) is 4.02. The van der Waals surface area contributed by atoms with E-state index in [1.807, 2.05) is 12.2 Å². The van der Waals surface area contributed by atoms with Crippen LogP contribution in [0, 0.1) is 5.92 Å². The van der Waals surface area contributed by atoms with E-state index in [1.54, 1.807) is 4.90 Å². The lowest BCUT2D eigenvalue weighted by atomic mass is 9.93. The second-order valence-corrected chi connectivity index (χ2v) is 9.59. The Morgan fingerprint density at radius 2 is 1.81 bits per heavy atom. The number of carbonyl (C=O) groups is 3. The molecule has 0 radical (unpaired) electrons. The van der Waals surface area contributed by atoms with E-state index in [2.05, 4.69) is 10.2 Å². The van der Waals surface area contributed by atoms with E-state index >= 15 is 0 Å². The van der Waals surface area contributed by atoms with Crippen LogP contribution >= 0.6 is 0 Å². The van der Waals surface area contributed by atoms with Crippen LogP contribution in [-0.4, -0.2) is 78.6 Å². The zero-order chi connectivity index (χ0) is 22.1. The molecular weight excluding hydrogens is 410 g/mol. The fourth-order valence-corrected chi connectivity index (χ4v) is 5.88. The summed E-state index contributed by atoms with van der Waals surface area (Å²) in [6.07, 6.45) is 11.3. The third-order valence-electron chi connectivity index (χ3n) is 7.58. The number of allylic oxidation sites excluding steroid dienone is 3. The summed E-state index contributed by atoms with van der Waals surface area (Å²) in [4.78, 5) is 40.9. The molecule has 1 saturated carbocycles. The van der Waals surface area contributed by atoms with Gasteiger partial charge in [-0.3, -0.25) is 24.6 Å². The number of amides is 3. The van der Waals surface area contributed by atoms with Crippen molar-refractivity contribution in [2.75, 3.05) is 32.8 Å². The maximum Gasteiger partial charge on any atom is 0.250 e. The molecule has 4 atom stereocenters. The van der Waals surface area contributed by atoms with E-state index in [4.69, 9.17) is 9.47 Å². The van der Waals surface area contributed by atoms with E-state index in [1.165, 1.54) is 19.3 Å². The van der Waals surface area contributed by atoms with Crippen molar-refractivity contribution in [3.05, 3.63) is 23.5 Å². The van der Waals surface area contributed by atoms with Gasteiger partial charge in [0.2, 0.25) is 11.8 Å². The van der Waals surface area contributed by atoms with Gasteiger partial charge >= 0.3 is 0 Å². The first-order chi connectivity index (χ1) is 15.6. The number of fused-ring (bicyclic) bond motifs is 1. The van der Waals surface area contributed by atoms with E-state index in [0.29, 0.717) is 25.4 Å². The van der Waals surface area contributed by atoms with Crippen LogP contribution in [0.15, 0.2) is 23.5 Å². The minimum absolute atomic E-state index is 0.0422. The highest BCUT2D eigenvalue weighted by Gasteiger charge is 2.44. The normalized spacial score (nSPS) is 34.4. The molecule has 5 rings (SSSR count). The molecule has 8 heteroatoms. The van der Waals surface area contributed by atoms with Crippen LogP contribution in [0.4, 0.5) is 0 Å². The molecule has 3 heterocycles. The van der Waals surface area contributed by atoms with Crippen molar-refractivity contribution in [1.29, 1.82) is 0 Å². The lowest BCUT2D eigenvalue weighted by molar-refractivity contribution is -0.142. The number of nitrogens with one attached hydrogen (secondary N) is 1. The molecule has 0 spiro atoms. The summed E-state index contributed by atoms with van der Waals surface area (Å²) in [7, 11) is 0. The van der Waals surface area contributed by atoms with Crippen molar-refractivity contribution in [3.8, 4) is 0 Å². The zero-order valence-electron chi connectivity index (χ0n) is 18.6. The van der Waals surface area contributed by atoms with Crippen LogP contribution in [0.3, 0.4) is 0 Å². The van der Waals surface area contributed by atoms with Gasteiger partial charge in [-0.2, -0.15) is 0 Å². The van der Waals surface area contributed by atoms with Crippen LogP contribution in [0.5, 0.6) is 0 Å². The van der Waals surface area contributed by atoms with Crippen LogP contribution in [-0.2, 0) is 23.9 Å². The van der Waals surface area contributed by atoms with E-state index in [9.17, 15) is 14.4 Å². The van der Waals surface area contributed by atoms with Gasteiger partial charge in [-0.05, 0) is 37.8 Å². The molecule has 0 aromatic carbocycles. The minimum Gasteiger partial charge on any atom is -0.493 e. The first-order valence-electron chi connectivity index (χ1n) is 12.1. The Morgan fingerprint density at radius 3 is 2.62 bits per heavy atom. The molecule has 8 nitrogen and oxygen atoms in total. The Kier molecular flexibility index (Phi) is 6.33. The Balaban J connectivity index is 1.25. The largest absolute Gasteiger partial charge is 0.493 e. The van der Waals surface area contributed by atoms with Gasteiger partial charge < -0.3 is 14.4 Å². The molecule has 5 aliphatic rings. The molecule has 3 amide bonds. The van der Waals surface area contributed by atoms with Gasteiger partial charge in [0, 0.05) is 50.0 Å². The Labute approximate surface area is 189 Å². The SMILES string of the molecule is O=C1CCC(N2CC3CC(O[C@@H]4CCCCC[C@@H]4N4CCOCC4)=CC=C3C2=O)C(=O)N1. The standard InChI is InChI=1S/C24H33N3O5/c28-22-9-8-20(23(29)25-22)27-15-16-14-17(6-7-18(16)24(27)30)32-21-5-3-1-2-4-19(21)26-10-12-31-13-11-26/h6-7,16,19-21H,1-5,8-15H2,(H,25,28,29)/t16?,19-,20?,21+/m0/s1. The molecule has 2 unspecified atom stereocenters. The molecule has 0 aromatic heterocycles. The number of morpholine rings is 1. The predicted octanol–water partition coefficient (Wildman–Crippen LogP) is 1.51. The number of nitrogens with zero attached hydrogens (tertiary/aromatic N) is 2. The smallest absolute Gasteiger partial charge is 0.250 e. The third kappa shape index (κ3) is 4.35. The Morgan fingerprint density at radius 1 is 1.00 bits per heavy atom. The lowest BCUT2D eigenvalue weighted by Crippen LogP contribution is -2.53. The van der Waals surface area contributed by atoms with Crippen molar-refractivity contribution in [2.24, 2.45) is 5.92 Å². The van der Waals surface area contributed by atoms with Crippen LogP contribution in [0.25, 0.3) is 0 Å². The van der Waals surface area contributed by atoms with Crippen LogP contribution < -0.4 is 5.32 Å². The molecule has 1 N–H and O–H groups in total. The van der Waals surface area contributed by atoms with Gasteiger partial charge in [0.1, 0.15) is 12.1 Å². The number of piperidine rings is 1. The lowest BCUT2D eigenvalue weighted by Gasteiger charge is -2.39. The fraction of sp³-hybridized carbons (Fsp3) is 0.708. The third-order valence-corrected chi connectivity index (χ3v) is 7.58. The van der Waals surface area contributed by atoms with Crippen molar-refractivity contribution in [3.63, 3.8) is 0 Å². The predicted molar refractivity (Wildman–Crippen MR) is 116 cm³/mol. The first kappa shape index (κ1) is 21.6. The second-order valence-electron chi connectivity index (χ2n) is 9.59. The number of ether oxygens (including phenoxy) is 2. The molecule has 4 fully saturated rings. The zero-order valence-corrected chi connectivity index (χ0v) is 18.6. The molecule has 0 bridgehead atoms. The van der Waals surface area contributed by atoms with Crippen molar-refractivity contribution in [2.45, 2.75) is 69.6 Å². The second kappa shape index (κ2) is 9.35. The number of hydrogen-bond donors (Lipinski definition) is 1. The molecule has 174 valence electrons. The highest BCUT2D eigenvalue weighted by Crippen LogP contribution is 2.37. The highest BCUT2D eigenvalue weighted by atomic mass is 16.5. The summed E-state index contributed by atoms with van der Waals surface area (Å²) in [5, 5.41) is 2.37. The van der Waals surface area contributed by atoms with E-state index in [-0.39, 0.29) is 36.2 Å². The first-order valence-corrected chi connectivity index (χ1v) is 12.1. The van der Waals surface area contributed by atoms with Gasteiger partial charge in [-0.15, -0.1) is 0 Å². The monoisotopic (exact) mass is 443 g/mol. The quantitative estimate of drug-likeness (QED) is 0.524. The van der Waals surface area contributed by atoms with Crippen molar-refractivity contribution >= 4 is 17.7 Å². The van der Waals surface area contributed by atoms with Gasteiger partial charge in [0.15, 0.2) is 0 Å². The minimum atomic E-state index is -0.552. The number of imide groups is 1. The van der Waals surface area contributed by atoms with Gasteiger partial charge in [-0.1, -0.05) is 12.8 Å². The maximum absolute atomic E-state index is 13.0. The summed E-state index contributed by atoms with van der Waals surface area (Å²) in [5.41, 5.74) is 0.757. The summed E-state index contributed by atoms with van der Waals surface area (Å²) < 4.78 is 12.2. The van der Waals surface area contributed by atoms with E-state index in [0.717, 1.165) is 50.5 Å². The molecule has 3 aliphatic heterocycles. The Hall–Kier alpha value is -2.19. The van der Waals surface area contributed by atoms with E-state index < -0.39 is 6.04 Å². The topological polar surface area (TPSA) is 88.2 Å². The van der Waals surface area contributed by atoms with Gasteiger partial charge in [0.25, 0.3) is 5.91 Å². The molecule has 3 saturated heterocycles. The average molecular weight is 444 g/mol. The summed E-state index contributed by atoms with van der Waals surface area (Å²) >= 11 is 0. The summed E-state index contributed by atoms with van der Waals surface area (Å²) in [5.74, 6) is 0.290. The van der Waals surface area contributed by atoms with Crippen molar-refractivity contribution < 1.29 is 23.9 Å². The maximum atomic E-state index is 13.0. The average Bonchev–Trinajstić information content (AvgIpc) is 2.95.